The first kappa shape index (κ1) is 12.5. The lowest BCUT2D eigenvalue weighted by Crippen LogP contribution is -2.52. The summed E-state index contributed by atoms with van der Waals surface area (Å²) in [5.74, 6) is 1.39. The van der Waals surface area contributed by atoms with Crippen LogP contribution in [0.3, 0.4) is 0 Å². The van der Waals surface area contributed by atoms with Crippen molar-refractivity contribution in [3.05, 3.63) is 21.9 Å². The summed E-state index contributed by atoms with van der Waals surface area (Å²) >= 11 is 3.61. The number of nitrogens with zero attached hydrogens (tertiary/aromatic N) is 1. The number of aryl methyl sites for hydroxylation is 1. The van der Waals surface area contributed by atoms with Crippen LogP contribution in [0.4, 0.5) is 0 Å². The van der Waals surface area contributed by atoms with Crippen LogP contribution in [0, 0.1) is 0 Å². The molecule has 1 amide bonds. The summed E-state index contributed by atoms with van der Waals surface area (Å²) < 4.78 is 0. The fourth-order valence-corrected chi connectivity index (χ4v) is 5.02. The van der Waals surface area contributed by atoms with Crippen molar-refractivity contribution in [3.63, 3.8) is 0 Å². The first-order chi connectivity index (χ1) is 8.75. The van der Waals surface area contributed by atoms with Crippen LogP contribution in [0.15, 0.2) is 11.4 Å². The summed E-state index contributed by atoms with van der Waals surface area (Å²) in [6.07, 6.45) is 1.12. The Morgan fingerprint density at radius 1 is 1.56 bits per heavy atom. The molecule has 0 saturated carbocycles. The van der Waals surface area contributed by atoms with Crippen LogP contribution in [0.2, 0.25) is 0 Å². The molecule has 0 bridgehead atoms. The predicted octanol–water partition coefficient (Wildman–Crippen LogP) is 1.90. The number of piperazine rings is 1. The summed E-state index contributed by atoms with van der Waals surface area (Å²) in [5, 5.41) is 5.55. The van der Waals surface area contributed by atoms with E-state index in [0.717, 1.165) is 31.8 Å². The molecule has 0 unspecified atom stereocenters. The zero-order valence-electron chi connectivity index (χ0n) is 10.5. The number of thiophene rings is 1. The number of nitrogens with one attached hydrogen (secondary N) is 1. The Labute approximate surface area is 116 Å². The maximum Gasteiger partial charge on any atom is 0.240 e. The van der Waals surface area contributed by atoms with E-state index in [4.69, 9.17) is 0 Å². The van der Waals surface area contributed by atoms with Crippen LogP contribution in [-0.4, -0.2) is 42.2 Å². The van der Waals surface area contributed by atoms with Gasteiger partial charge in [0.1, 0.15) is 5.25 Å². The average Bonchev–Trinajstić information content (AvgIpc) is 2.86. The molecule has 0 aliphatic carbocycles. The van der Waals surface area contributed by atoms with E-state index >= 15 is 0 Å². The van der Waals surface area contributed by atoms with E-state index in [1.165, 1.54) is 10.4 Å². The second kappa shape index (κ2) is 5.23. The number of amides is 1. The van der Waals surface area contributed by atoms with Gasteiger partial charge in [-0.1, -0.05) is 0 Å². The second-order valence-electron chi connectivity index (χ2n) is 4.94. The van der Waals surface area contributed by atoms with Gasteiger partial charge in [-0.3, -0.25) is 4.79 Å². The molecular weight excluding hydrogens is 264 g/mol. The number of carbonyl (C=O) groups excluding carboxylic acids is 1. The molecule has 18 heavy (non-hydrogen) atoms. The smallest absolute Gasteiger partial charge is 0.240 e. The van der Waals surface area contributed by atoms with Crippen LogP contribution < -0.4 is 5.32 Å². The van der Waals surface area contributed by atoms with Gasteiger partial charge in [0.2, 0.25) is 5.91 Å². The summed E-state index contributed by atoms with van der Waals surface area (Å²) in [5.41, 5.74) is 1.27. The van der Waals surface area contributed by atoms with Gasteiger partial charge in [-0.15, -0.1) is 23.1 Å². The highest BCUT2D eigenvalue weighted by molar-refractivity contribution is 8.00. The quantitative estimate of drug-likeness (QED) is 0.854. The van der Waals surface area contributed by atoms with Gasteiger partial charge in [-0.05, 0) is 36.1 Å². The fourth-order valence-electron chi connectivity index (χ4n) is 2.65. The summed E-state index contributed by atoms with van der Waals surface area (Å²) in [7, 11) is 0. The van der Waals surface area contributed by atoms with Crippen molar-refractivity contribution < 1.29 is 4.79 Å². The maximum absolute atomic E-state index is 12.6. The minimum Gasteiger partial charge on any atom is -0.339 e. The zero-order chi connectivity index (χ0) is 12.5. The van der Waals surface area contributed by atoms with Crippen molar-refractivity contribution in [2.24, 2.45) is 0 Å². The van der Waals surface area contributed by atoms with Gasteiger partial charge in [0.15, 0.2) is 0 Å². The monoisotopic (exact) mass is 282 g/mol. The molecule has 98 valence electrons. The molecule has 1 saturated heterocycles. The molecule has 0 spiro atoms. The van der Waals surface area contributed by atoms with E-state index in [1.807, 2.05) is 16.7 Å². The van der Waals surface area contributed by atoms with E-state index in [9.17, 15) is 4.79 Å². The van der Waals surface area contributed by atoms with E-state index in [0.29, 0.717) is 11.9 Å². The molecule has 2 atom stereocenters. The third-order valence-electron chi connectivity index (χ3n) is 3.58. The van der Waals surface area contributed by atoms with Crippen LogP contribution >= 0.6 is 23.1 Å². The van der Waals surface area contributed by atoms with Crippen molar-refractivity contribution in [1.82, 2.24) is 10.2 Å². The van der Waals surface area contributed by atoms with Crippen molar-refractivity contribution >= 4 is 29.0 Å². The minimum absolute atomic E-state index is 0.0466. The zero-order valence-corrected chi connectivity index (χ0v) is 12.1. The van der Waals surface area contributed by atoms with E-state index in [-0.39, 0.29) is 5.25 Å². The maximum atomic E-state index is 12.6. The van der Waals surface area contributed by atoms with E-state index in [2.05, 4.69) is 23.7 Å². The molecule has 2 aliphatic heterocycles. The molecule has 1 fully saturated rings. The predicted molar refractivity (Wildman–Crippen MR) is 77.3 cm³/mol. The molecule has 0 radical (unpaired) electrons. The number of thioether (sulfide) groups is 1. The fraction of sp³-hybridized carbons (Fsp3) is 0.615. The third-order valence-corrected chi connectivity index (χ3v) is 5.81. The summed E-state index contributed by atoms with van der Waals surface area (Å²) in [6, 6.07) is 2.55. The Bertz CT molecular complexity index is 446. The highest BCUT2D eigenvalue weighted by atomic mass is 32.2. The van der Waals surface area contributed by atoms with Gasteiger partial charge in [0.25, 0.3) is 0 Å². The average molecular weight is 282 g/mol. The van der Waals surface area contributed by atoms with Crippen molar-refractivity contribution in [2.75, 3.05) is 25.4 Å². The minimum atomic E-state index is 0.0466. The molecule has 5 heteroatoms. The molecule has 3 heterocycles. The van der Waals surface area contributed by atoms with Crippen LogP contribution in [0.1, 0.15) is 22.6 Å². The lowest BCUT2D eigenvalue weighted by molar-refractivity contribution is -0.131. The Balaban J connectivity index is 1.77. The molecular formula is C13H18N2OS2. The van der Waals surface area contributed by atoms with Crippen LogP contribution in [0.5, 0.6) is 0 Å². The molecule has 3 rings (SSSR count). The Hall–Kier alpha value is -0.520. The van der Waals surface area contributed by atoms with Gasteiger partial charge in [-0.2, -0.15) is 0 Å². The summed E-state index contributed by atoms with van der Waals surface area (Å²) in [6.45, 7) is 4.75. The highest BCUT2D eigenvalue weighted by Gasteiger charge is 2.32. The van der Waals surface area contributed by atoms with E-state index < -0.39 is 0 Å². The van der Waals surface area contributed by atoms with Crippen molar-refractivity contribution in [1.29, 1.82) is 0 Å². The molecule has 1 aromatic rings. The molecule has 1 N–H and O–H groups in total. The topological polar surface area (TPSA) is 32.3 Å². The first-order valence-electron chi connectivity index (χ1n) is 6.46. The number of carbonyl (C=O) groups is 1. The van der Waals surface area contributed by atoms with Gasteiger partial charge >= 0.3 is 0 Å². The van der Waals surface area contributed by atoms with Gasteiger partial charge < -0.3 is 10.2 Å². The SMILES string of the molecule is C[C@H]1CN(C(=O)[C@@H]2SCCc3sccc32)CCN1. The summed E-state index contributed by atoms with van der Waals surface area (Å²) in [4.78, 5) is 16.1. The first-order valence-corrected chi connectivity index (χ1v) is 8.38. The third kappa shape index (κ3) is 2.31. The normalized spacial score (nSPS) is 27.9. The largest absolute Gasteiger partial charge is 0.339 e. The second-order valence-corrected chi connectivity index (χ2v) is 7.15. The number of fused-ring (bicyclic) bond motifs is 1. The number of hydrogen-bond acceptors (Lipinski definition) is 4. The lowest BCUT2D eigenvalue weighted by atomic mass is 10.1. The highest BCUT2D eigenvalue weighted by Crippen LogP contribution is 2.40. The molecule has 0 aromatic carbocycles. The van der Waals surface area contributed by atoms with Crippen molar-refractivity contribution in [2.45, 2.75) is 24.6 Å². The van der Waals surface area contributed by atoms with Crippen molar-refractivity contribution in [3.8, 4) is 0 Å². The van der Waals surface area contributed by atoms with Gasteiger partial charge in [-0.25, -0.2) is 0 Å². The molecule has 2 aliphatic rings. The van der Waals surface area contributed by atoms with Crippen LogP contribution in [0.25, 0.3) is 0 Å². The molecule has 1 aromatic heterocycles. The standard InChI is InChI=1S/C13H18N2OS2/c1-9-8-15(5-4-14-9)13(16)12-10-2-6-17-11(10)3-7-18-12/h2,6,9,12,14H,3-5,7-8H2,1H3/t9-,12+/m0/s1. The van der Waals surface area contributed by atoms with Crippen LogP contribution in [-0.2, 0) is 11.2 Å². The Morgan fingerprint density at radius 3 is 3.28 bits per heavy atom. The number of rotatable bonds is 1. The van der Waals surface area contributed by atoms with Gasteiger partial charge in [0, 0.05) is 30.6 Å². The lowest BCUT2D eigenvalue weighted by Gasteiger charge is -2.35. The van der Waals surface area contributed by atoms with E-state index in [1.54, 1.807) is 11.3 Å². The number of hydrogen-bond donors (Lipinski definition) is 1. The Kier molecular flexibility index (Phi) is 3.63. The Morgan fingerprint density at radius 2 is 2.44 bits per heavy atom. The molecule has 3 nitrogen and oxygen atoms in total. The van der Waals surface area contributed by atoms with Gasteiger partial charge in [0.05, 0.1) is 0 Å².